The highest BCUT2D eigenvalue weighted by Crippen LogP contribution is 2.04. The molecule has 0 aromatic carbocycles. The van der Waals surface area contributed by atoms with Crippen molar-refractivity contribution in [2.75, 3.05) is 19.6 Å². The summed E-state index contributed by atoms with van der Waals surface area (Å²) in [6.07, 6.45) is 5.01. The van der Waals surface area contributed by atoms with Crippen molar-refractivity contribution in [1.82, 2.24) is 4.90 Å². The van der Waals surface area contributed by atoms with E-state index in [9.17, 15) is 0 Å². The Morgan fingerprint density at radius 1 is 1.50 bits per heavy atom. The lowest BCUT2D eigenvalue weighted by Gasteiger charge is -2.29. The molecule has 47 valence electrons. The SMILES string of the molecule is CCCCN1C[CH]C1. The molecule has 1 fully saturated rings. The quantitative estimate of drug-likeness (QED) is 0.532. The fraction of sp³-hybridized carbons (Fsp3) is 0.857. The van der Waals surface area contributed by atoms with E-state index in [4.69, 9.17) is 0 Å². The smallest absolute Gasteiger partial charge is 0.00256 e. The van der Waals surface area contributed by atoms with Crippen LogP contribution < -0.4 is 0 Å². The highest BCUT2D eigenvalue weighted by molar-refractivity contribution is 4.85. The topological polar surface area (TPSA) is 3.24 Å². The molecule has 1 rings (SSSR count). The molecule has 0 N–H and O–H groups in total. The monoisotopic (exact) mass is 112 g/mol. The Morgan fingerprint density at radius 2 is 2.25 bits per heavy atom. The van der Waals surface area contributed by atoms with E-state index in [1.54, 1.807) is 0 Å². The van der Waals surface area contributed by atoms with Crippen molar-refractivity contribution < 1.29 is 0 Å². The van der Waals surface area contributed by atoms with Gasteiger partial charge in [0.15, 0.2) is 0 Å². The predicted octanol–water partition coefficient (Wildman–Crippen LogP) is 1.31. The number of likely N-dealkylation sites (tertiary alicyclic amines) is 1. The van der Waals surface area contributed by atoms with E-state index in [-0.39, 0.29) is 0 Å². The fourth-order valence-electron chi connectivity index (χ4n) is 0.876. The van der Waals surface area contributed by atoms with Crippen molar-refractivity contribution in [3.8, 4) is 0 Å². The van der Waals surface area contributed by atoms with Gasteiger partial charge in [-0.25, -0.2) is 0 Å². The second-order valence-corrected chi connectivity index (χ2v) is 2.40. The summed E-state index contributed by atoms with van der Waals surface area (Å²) in [7, 11) is 0. The Hall–Kier alpha value is -0.0400. The number of nitrogens with zero attached hydrogens (tertiary/aromatic N) is 1. The van der Waals surface area contributed by atoms with Gasteiger partial charge in [0, 0.05) is 13.1 Å². The van der Waals surface area contributed by atoms with Crippen LogP contribution in [0.15, 0.2) is 0 Å². The van der Waals surface area contributed by atoms with Gasteiger partial charge in [-0.05, 0) is 19.4 Å². The molecule has 1 aliphatic rings. The molecule has 0 atom stereocenters. The van der Waals surface area contributed by atoms with Crippen LogP contribution in [0.1, 0.15) is 19.8 Å². The molecule has 0 unspecified atom stereocenters. The summed E-state index contributed by atoms with van der Waals surface area (Å²) in [6.45, 7) is 6.02. The maximum Gasteiger partial charge on any atom is 0.00256 e. The van der Waals surface area contributed by atoms with Gasteiger partial charge in [0.2, 0.25) is 0 Å². The molecule has 0 aliphatic carbocycles. The lowest BCUT2D eigenvalue weighted by molar-refractivity contribution is 0.240. The molecule has 0 saturated carbocycles. The highest BCUT2D eigenvalue weighted by Gasteiger charge is 2.11. The zero-order valence-corrected chi connectivity index (χ0v) is 5.56. The molecule has 1 saturated heterocycles. The molecule has 1 heterocycles. The second-order valence-electron chi connectivity index (χ2n) is 2.40. The summed E-state index contributed by atoms with van der Waals surface area (Å²) in [6, 6.07) is 0. The van der Waals surface area contributed by atoms with Gasteiger partial charge in [0.25, 0.3) is 0 Å². The summed E-state index contributed by atoms with van der Waals surface area (Å²) in [5.41, 5.74) is 0. The largest absolute Gasteiger partial charge is 0.303 e. The van der Waals surface area contributed by atoms with Crippen molar-refractivity contribution in [1.29, 1.82) is 0 Å². The molecule has 1 radical (unpaired) electrons. The first-order valence-corrected chi connectivity index (χ1v) is 3.47. The number of rotatable bonds is 3. The lowest BCUT2D eigenvalue weighted by atomic mass is 10.2. The molecule has 1 aliphatic heterocycles. The molecular weight excluding hydrogens is 98.1 g/mol. The third kappa shape index (κ3) is 1.48. The predicted molar refractivity (Wildman–Crippen MR) is 35.6 cm³/mol. The van der Waals surface area contributed by atoms with Gasteiger partial charge in [-0.15, -0.1) is 0 Å². The lowest BCUT2D eigenvalue weighted by Crippen LogP contribution is -2.38. The van der Waals surface area contributed by atoms with Crippen LogP contribution in [0.5, 0.6) is 0 Å². The van der Waals surface area contributed by atoms with E-state index in [0.717, 1.165) is 0 Å². The van der Waals surface area contributed by atoms with Gasteiger partial charge in [-0.1, -0.05) is 13.3 Å². The van der Waals surface area contributed by atoms with Gasteiger partial charge in [-0.3, -0.25) is 0 Å². The number of hydrogen-bond donors (Lipinski definition) is 0. The van der Waals surface area contributed by atoms with Crippen LogP contribution in [-0.4, -0.2) is 24.5 Å². The first-order valence-electron chi connectivity index (χ1n) is 3.47. The second kappa shape index (κ2) is 3.08. The minimum Gasteiger partial charge on any atom is -0.303 e. The number of hydrogen-bond acceptors (Lipinski definition) is 1. The Morgan fingerprint density at radius 3 is 2.62 bits per heavy atom. The molecule has 0 aromatic heterocycles. The average molecular weight is 112 g/mol. The normalized spacial score (nSPS) is 20.6. The van der Waals surface area contributed by atoms with Crippen LogP contribution in [0.4, 0.5) is 0 Å². The van der Waals surface area contributed by atoms with Gasteiger partial charge >= 0.3 is 0 Å². The maximum absolute atomic E-state index is 2.46. The first-order chi connectivity index (χ1) is 3.93. The minimum absolute atomic E-state index is 1.24. The van der Waals surface area contributed by atoms with E-state index in [1.165, 1.54) is 32.5 Å². The van der Waals surface area contributed by atoms with Gasteiger partial charge in [0.1, 0.15) is 0 Å². The van der Waals surface area contributed by atoms with Crippen LogP contribution in [0.25, 0.3) is 0 Å². The van der Waals surface area contributed by atoms with Crippen LogP contribution in [0, 0.1) is 6.42 Å². The van der Waals surface area contributed by atoms with Crippen LogP contribution in [0.3, 0.4) is 0 Å². The van der Waals surface area contributed by atoms with E-state index < -0.39 is 0 Å². The molecule has 1 nitrogen and oxygen atoms in total. The summed E-state index contributed by atoms with van der Waals surface area (Å²) in [5.74, 6) is 0. The highest BCUT2D eigenvalue weighted by atomic mass is 15.2. The maximum atomic E-state index is 2.46. The van der Waals surface area contributed by atoms with Crippen LogP contribution in [-0.2, 0) is 0 Å². The Balaban J connectivity index is 1.86. The summed E-state index contributed by atoms with van der Waals surface area (Å²) in [5, 5.41) is 0. The molecular formula is C7H14N. The summed E-state index contributed by atoms with van der Waals surface area (Å²) < 4.78 is 0. The molecule has 0 bridgehead atoms. The summed E-state index contributed by atoms with van der Waals surface area (Å²) >= 11 is 0. The van der Waals surface area contributed by atoms with Gasteiger partial charge in [-0.2, -0.15) is 0 Å². The summed E-state index contributed by atoms with van der Waals surface area (Å²) in [4.78, 5) is 2.46. The van der Waals surface area contributed by atoms with Crippen molar-refractivity contribution in [2.45, 2.75) is 19.8 Å². The average Bonchev–Trinajstić information content (AvgIpc) is 1.63. The Bertz CT molecular complexity index is 57.4. The third-order valence-corrected chi connectivity index (χ3v) is 1.60. The third-order valence-electron chi connectivity index (χ3n) is 1.60. The Kier molecular flexibility index (Phi) is 2.34. The molecule has 0 aromatic rings. The van der Waals surface area contributed by atoms with E-state index in [1.807, 2.05) is 0 Å². The standard InChI is InChI=1S/C7H14N/c1-2-3-5-8-6-4-7-8/h4H,2-3,5-7H2,1H3. The van der Waals surface area contributed by atoms with Crippen molar-refractivity contribution in [3.05, 3.63) is 6.42 Å². The van der Waals surface area contributed by atoms with Crippen molar-refractivity contribution in [3.63, 3.8) is 0 Å². The fourth-order valence-corrected chi connectivity index (χ4v) is 0.876. The molecule has 1 heteroatoms. The zero-order valence-electron chi connectivity index (χ0n) is 5.56. The Labute approximate surface area is 51.7 Å². The van der Waals surface area contributed by atoms with Crippen LogP contribution in [0.2, 0.25) is 0 Å². The minimum atomic E-state index is 1.24. The van der Waals surface area contributed by atoms with Crippen molar-refractivity contribution in [2.24, 2.45) is 0 Å². The van der Waals surface area contributed by atoms with Crippen LogP contribution >= 0.6 is 0 Å². The van der Waals surface area contributed by atoms with Gasteiger partial charge < -0.3 is 4.90 Å². The molecule has 0 spiro atoms. The number of unbranched alkanes of at least 4 members (excludes halogenated alkanes) is 1. The van der Waals surface area contributed by atoms with E-state index in [0.29, 0.717) is 0 Å². The molecule has 8 heavy (non-hydrogen) atoms. The first kappa shape index (κ1) is 6.09. The van der Waals surface area contributed by atoms with Crippen molar-refractivity contribution >= 4 is 0 Å². The zero-order chi connectivity index (χ0) is 5.82. The van der Waals surface area contributed by atoms with Gasteiger partial charge in [0.05, 0.1) is 0 Å². The molecule has 0 amide bonds. The van der Waals surface area contributed by atoms with E-state index >= 15 is 0 Å². The van der Waals surface area contributed by atoms with E-state index in [2.05, 4.69) is 18.2 Å².